The fourth-order valence-corrected chi connectivity index (χ4v) is 2.92. The first kappa shape index (κ1) is 16.2. The van der Waals surface area contributed by atoms with Crippen LogP contribution in [0.5, 0.6) is 0 Å². The molecule has 108 valence electrons. The van der Waals surface area contributed by atoms with Gasteiger partial charge in [0.15, 0.2) is 0 Å². The van der Waals surface area contributed by atoms with Gasteiger partial charge in [-0.15, -0.1) is 0 Å². The van der Waals surface area contributed by atoms with Crippen LogP contribution in [0.4, 0.5) is 0 Å². The van der Waals surface area contributed by atoms with Gasteiger partial charge in [0.1, 0.15) is 0 Å². The summed E-state index contributed by atoms with van der Waals surface area (Å²) in [5.74, 6) is 0. The van der Waals surface area contributed by atoms with E-state index in [4.69, 9.17) is 0 Å². The van der Waals surface area contributed by atoms with E-state index in [1.807, 2.05) is 0 Å². The second-order valence-electron chi connectivity index (χ2n) is 5.83. The van der Waals surface area contributed by atoms with Crippen LogP contribution in [0.3, 0.4) is 0 Å². The van der Waals surface area contributed by atoms with Crippen molar-refractivity contribution in [1.82, 2.24) is 5.32 Å². The number of rotatable bonds is 9. The van der Waals surface area contributed by atoms with E-state index in [9.17, 15) is 0 Å². The largest absolute Gasteiger partial charge is 0.319 e. The van der Waals surface area contributed by atoms with E-state index in [0.717, 1.165) is 13.0 Å². The third-order valence-corrected chi connectivity index (χ3v) is 4.37. The molecule has 0 amide bonds. The zero-order valence-corrected chi connectivity index (χ0v) is 13.3. The molecular formula is C18H31N. The lowest BCUT2D eigenvalue weighted by Crippen LogP contribution is -2.34. The van der Waals surface area contributed by atoms with Crippen molar-refractivity contribution in [3.05, 3.63) is 35.4 Å². The summed E-state index contributed by atoms with van der Waals surface area (Å²) in [6.07, 6.45) is 7.54. The molecule has 0 bridgehead atoms. The lowest BCUT2D eigenvalue weighted by Gasteiger charge is -2.33. The zero-order chi connectivity index (χ0) is 14.1. The molecule has 19 heavy (non-hydrogen) atoms. The standard InChI is InChI=1S/C18H31N/c1-5-8-13-18(7-3,15-19-4)14-17-11-9-16(6-2)10-12-17/h9-12,19H,5-8,13-15H2,1-4H3. The first-order valence-corrected chi connectivity index (χ1v) is 7.92. The molecule has 0 spiro atoms. The van der Waals surface area contributed by atoms with Crippen molar-refractivity contribution in [3.63, 3.8) is 0 Å². The molecule has 0 aliphatic heterocycles. The number of aryl methyl sites for hydroxylation is 1. The Balaban J connectivity index is 2.78. The molecule has 0 saturated carbocycles. The summed E-state index contributed by atoms with van der Waals surface area (Å²) in [5.41, 5.74) is 3.36. The number of benzene rings is 1. The fourth-order valence-electron chi connectivity index (χ4n) is 2.92. The zero-order valence-electron chi connectivity index (χ0n) is 13.3. The van der Waals surface area contributed by atoms with Gasteiger partial charge in [-0.25, -0.2) is 0 Å². The lowest BCUT2D eigenvalue weighted by molar-refractivity contribution is 0.235. The Morgan fingerprint density at radius 2 is 1.63 bits per heavy atom. The van der Waals surface area contributed by atoms with E-state index in [-0.39, 0.29) is 0 Å². The van der Waals surface area contributed by atoms with Gasteiger partial charge in [-0.3, -0.25) is 0 Å². The molecule has 0 fully saturated rings. The maximum atomic E-state index is 3.41. The third kappa shape index (κ3) is 4.99. The van der Waals surface area contributed by atoms with Gasteiger partial charge in [0.05, 0.1) is 0 Å². The van der Waals surface area contributed by atoms with Crippen LogP contribution in [0.25, 0.3) is 0 Å². The minimum atomic E-state index is 0.429. The van der Waals surface area contributed by atoms with Gasteiger partial charge in [0.25, 0.3) is 0 Å². The van der Waals surface area contributed by atoms with E-state index in [0.29, 0.717) is 5.41 Å². The summed E-state index contributed by atoms with van der Waals surface area (Å²) >= 11 is 0. The summed E-state index contributed by atoms with van der Waals surface area (Å²) in [6.45, 7) is 7.97. The molecule has 0 aliphatic carbocycles. The van der Waals surface area contributed by atoms with Crippen LogP contribution in [0.2, 0.25) is 0 Å². The van der Waals surface area contributed by atoms with Gasteiger partial charge >= 0.3 is 0 Å². The molecule has 1 aromatic carbocycles. The summed E-state index contributed by atoms with van der Waals surface area (Å²) in [5, 5.41) is 3.41. The number of unbranched alkanes of at least 4 members (excludes halogenated alkanes) is 1. The minimum absolute atomic E-state index is 0.429. The fraction of sp³-hybridized carbons (Fsp3) is 0.667. The summed E-state index contributed by atoms with van der Waals surface area (Å²) in [6, 6.07) is 9.22. The summed E-state index contributed by atoms with van der Waals surface area (Å²) < 4.78 is 0. The van der Waals surface area contributed by atoms with Gasteiger partial charge in [-0.1, -0.05) is 57.9 Å². The van der Waals surface area contributed by atoms with Crippen LogP contribution in [0.1, 0.15) is 57.6 Å². The quantitative estimate of drug-likeness (QED) is 0.685. The highest BCUT2D eigenvalue weighted by Crippen LogP contribution is 2.32. The minimum Gasteiger partial charge on any atom is -0.319 e. The van der Waals surface area contributed by atoms with Crippen LogP contribution in [0.15, 0.2) is 24.3 Å². The molecule has 1 nitrogen and oxygen atoms in total. The van der Waals surface area contributed by atoms with Crippen molar-refractivity contribution in [2.45, 2.75) is 59.3 Å². The normalized spacial score (nSPS) is 14.3. The Morgan fingerprint density at radius 1 is 1.00 bits per heavy atom. The third-order valence-electron chi connectivity index (χ3n) is 4.37. The Labute approximate surface area is 119 Å². The SMILES string of the molecule is CCCCC(CC)(CNC)Cc1ccc(CC)cc1. The molecule has 1 atom stereocenters. The van der Waals surface area contributed by atoms with Gasteiger partial charge in [0.2, 0.25) is 0 Å². The Bertz CT molecular complexity index is 341. The van der Waals surface area contributed by atoms with Crippen molar-refractivity contribution >= 4 is 0 Å². The Kier molecular flexibility index (Phi) is 7.15. The Morgan fingerprint density at radius 3 is 2.11 bits per heavy atom. The predicted octanol–water partition coefficient (Wildman–Crippen LogP) is 4.60. The molecule has 1 rings (SSSR count). The number of nitrogens with one attached hydrogen (secondary N) is 1. The van der Waals surface area contributed by atoms with Crippen molar-refractivity contribution in [1.29, 1.82) is 0 Å². The monoisotopic (exact) mass is 261 g/mol. The molecule has 0 radical (unpaired) electrons. The molecule has 0 aliphatic rings. The molecular weight excluding hydrogens is 230 g/mol. The average Bonchev–Trinajstić information content (AvgIpc) is 2.46. The van der Waals surface area contributed by atoms with E-state index >= 15 is 0 Å². The second-order valence-corrected chi connectivity index (χ2v) is 5.83. The second kappa shape index (κ2) is 8.37. The van der Waals surface area contributed by atoms with Crippen LogP contribution in [0, 0.1) is 5.41 Å². The first-order valence-electron chi connectivity index (χ1n) is 7.92. The molecule has 1 unspecified atom stereocenters. The highest BCUT2D eigenvalue weighted by atomic mass is 14.8. The molecule has 1 N–H and O–H groups in total. The smallest absolute Gasteiger partial charge is 0.000789 e. The predicted molar refractivity (Wildman–Crippen MR) is 85.7 cm³/mol. The maximum Gasteiger partial charge on any atom is 0.000789 e. The molecule has 0 aromatic heterocycles. The van der Waals surface area contributed by atoms with Gasteiger partial charge in [-0.05, 0) is 49.3 Å². The van der Waals surface area contributed by atoms with Crippen molar-refractivity contribution in [3.8, 4) is 0 Å². The molecule has 1 aromatic rings. The molecule has 0 heterocycles. The van der Waals surface area contributed by atoms with Crippen molar-refractivity contribution in [2.75, 3.05) is 13.6 Å². The van der Waals surface area contributed by atoms with Crippen molar-refractivity contribution in [2.24, 2.45) is 5.41 Å². The topological polar surface area (TPSA) is 12.0 Å². The summed E-state index contributed by atoms with van der Waals surface area (Å²) in [7, 11) is 2.08. The number of hydrogen-bond acceptors (Lipinski definition) is 1. The van der Waals surface area contributed by atoms with Crippen molar-refractivity contribution < 1.29 is 0 Å². The number of hydrogen-bond donors (Lipinski definition) is 1. The van der Waals surface area contributed by atoms with E-state index < -0.39 is 0 Å². The average molecular weight is 261 g/mol. The van der Waals surface area contributed by atoms with Crippen LogP contribution < -0.4 is 5.32 Å². The van der Waals surface area contributed by atoms with E-state index in [1.165, 1.54) is 43.2 Å². The molecule has 0 saturated heterocycles. The van der Waals surface area contributed by atoms with Crippen LogP contribution >= 0.6 is 0 Å². The van der Waals surface area contributed by atoms with Gasteiger partial charge < -0.3 is 5.32 Å². The first-order chi connectivity index (χ1) is 9.19. The molecule has 1 heteroatoms. The van der Waals surface area contributed by atoms with Crippen LogP contribution in [-0.4, -0.2) is 13.6 Å². The lowest BCUT2D eigenvalue weighted by atomic mass is 9.75. The highest BCUT2D eigenvalue weighted by molar-refractivity contribution is 5.23. The van der Waals surface area contributed by atoms with Gasteiger partial charge in [0, 0.05) is 6.54 Å². The highest BCUT2D eigenvalue weighted by Gasteiger charge is 2.27. The Hall–Kier alpha value is -0.820. The summed E-state index contributed by atoms with van der Waals surface area (Å²) in [4.78, 5) is 0. The van der Waals surface area contributed by atoms with Gasteiger partial charge in [-0.2, -0.15) is 0 Å². The maximum absolute atomic E-state index is 3.41. The van der Waals surface area contributed by atoms with E-state index in [2.05, 4.69) is 57.4 Å². The van der Waals surface area contributed by atoms with Crippen LogP contribution in [-0.2, 0) is 12.8 Å². The van der Waals surface area contributed by atoms with E-state index in [1.54, 1.807) is 0 Å².